The number of aryl methyl sites for hydroxylation is 1. The highest BCUT2D eigenvalue weighted by Gasteiger charge is 2.09. The molecule has 72 valence electrons. The Morgan fingerprint density at radius 2 is 2.00 bits per heavy atom. The van der Waals surface area contributed by atoms with Crippen LogP contribution in [0.15, 0.2) is 18.2 Å². The van der Waals surface area contributed by atoms with Crippen LogP contribution in [0.4, 0.5) is 4.39 Å². The summed E-state index contributed by atoms with van der Waals surface area (Å²) in [5.74, 6) is -0.468. The third-order valence-electron chi connectivity index (χ3n) is 2.29. The molecule has 2 aromatic rings. The number of halogens is 1. The van der Waals surface area contributed by atoms with E-state index in [4.69, 9.17) is 0 Å². The zero-order valence-electron chi connectivity index (χ0n) is 8.00. The number of aromatic nitrogens is 1. The van der Waals surface area contributed by atoms with E-state index >= 15 is 0 Å². The summed E-state index contributed by atoms with van der Waals surface area (Å²) in [5, 5.41) is 10.3. The van der Waals surface area contributed by atoms with E-state index in [9.17, 15) is 9.50 Å². The van der Waals surface area contributed by atoms with Crippen LogP contribution in [0.2, 0.25) is 0 Å². The second-order valence-corrected chi connectivity index (χ2v) is 3.36. The normalized spacial score (nSPS) is 10.8. The Balaban J connectivity index is 2.92. The number of pyridine rings is 1. The molecule has 0 atom stereocenters. The maximum absolute atomic E-state index is 13.2. The molecule has 1 aromatic carbocycles. The lowest BCUT2D eigenvalue weighted by Gasteiger charge is -2.05. The molecule has 0 aliphatic rings. The lowest BCUT2D eigenvalue weighted by Crippen LogP contribution is -1.89. The Morgan fingerprint density at radius 3 is 2.71 bits per heavy atom. The van der Waals surface area contributed by atoms with Gasteiger partial charge in [0.2, 0.25) is 0 Å². The van der Waals surface area contributed by atoms with Crippen molar-refractivity contribution in [1.29, 1.82) is 0 Å². The Morgan fingerprint density at radius 1 is 1.29 bits per heavy atom. The minimum Gasteiger partial charge on any atom is -0.505 e. The van der Waals surface area contributed by atoms with Crippen LogP contribution in [0.5, 0.6) is 5.75 Å². The molecule has 0 radical (unpaired) electrons. The van der Waals surface area contributed by atoms with Gasteiger partial charge in [0.05, 0.1) is 0 Å². The van der Waals surface area contributed by atoms with Crippen molar-refractivity contribution in [2.24, 2.45) is 0 Å². The maximum Gasteiger partial charge on any atom is 0.147 e. The minimum atomic E-state index is -0.402. The van der Waals surface area contributed by atoms with E-state index < -0.39 is 5.82 Å². The maximum atomic E-state index is 13.2. The van der Waals surface area contributed by atoms with Crippen LogP contribution in [0, 0.1) is 19.7 Å². The van der Waals surface area contributed by atoms with Crippen LogP contribution >= 0.6 is 0 Å². The number of phenols is 1. The predicted octanol–water partition coefficient (Wildman–Crippen LogP) is 2.70. The SMILES string of the molecule is Cc1ccc2cc(F)c(C)c(O)c2n1. The number of benzene rings is 1. The first-order valence-electron chi connectivity index (χ1n) is 4.35. The molecule has 1 N–H and O–H groups in total. The van der Waals surface area contributed by atoms with E-state index in [0.29, 0.717) is 10.9 Å². The molecule has 3 heteroatoms. The molecule has 0 amide bonds. The van der Waals surface area contributed by atoms with Gasteiger partial charge < -0.3 is 5.11 Å². The summed E-state index contributed by atoms with van der Waals surface area (Å²) >= 11 is 0. The standard InChI is InChI=1S/C11H10FNO/c1-6-3-4-8-5-9(12)7(2)11(14)10(8)13-6/h3-5,14H,1-2H3. The number of nitrogens with zero attached hydrogens (tertiary/aromatic N) is 1. The van der Waals surface area contributed by atoms with Gasteiger partial charge in [0.25, 0.3) is 0 Å². The molecule has 0 aliphatic carbocycles. The van der Waals surface area contributed by atoms with Crippen molar-refractivity contribution < 1.29 is 9.50 Å². The summed E-state index contributed by atoms with van der Waals surface area (Å²) in [6.45, 7) is 3.37. The number of hydrogen-bond donors (Lipinski definition) is 1. The van der Waals surface area contributed by atoms with Gasteiger partial charge in [-0.25, -0.2) is 9.37 Å². The van der Waals surface area contributed by atoms with Crippen molar-refractivity contribution in [3.8, 4) is 5.75 Å². The van der Waals surface area contributed by atoms with Gasteiger partial charge in [-0.1, -0.05) is 6.07 Å². The van der Waals surface area contributed by atoms with Gasteiger partial charge in [-0.2, -0.15) is 0 Å². The van der Waals surface area contributed by atoms with E-state index in [0.717, 1.165) is 5.69 Å². The molecule has 0 saturated heterocycles. The fraction of sp³-hybridized carbons (Fsp3) is 0.182. The lowest BCUT2D eigenvalue weighted by molar-refractivity contribution is 0.468. The van der Waals surface area contributed by atoms with E-state index in [-0.39, 0.29) is 11.3 Å². The quantitative estimate of drug-likeness (QED) is 0.694. The van der Waals surface area contributed by atoms with Crippen LogP contribution in [0.1, 0.15) is 11.3 Å². The average Bonchev–Trinajstić information content (AvgIpc) is 2.16. The third kappa shape index (κ3) is 1.21. The van der Waals surface area contributed by atoms with Crippen molar-refractivity contribution in [3.63, 3.8) is 0 Å². The highest BCUT2D eigenvalue weighted by atomic mass is 19.1. The highest BCUT2D eigenvalue weighted by Crippen LogP contribution is 2.28. The molecule has 0 saturated carbocycles. The fourth-order valence-electron chi connectivity index (χ4n) is 1.41. The van der Waals surface area contributed by atoms with E-state index in [1.807, 2.05) is 6.92 Å². The average molecular weight is 191 g/mol. The van der Waals surface area contributed by atoms with E-state index in [1.54, 1.807) is 12.1 Å². The summed E-state index contributed by atoms with van der Waals surface area (Å²) in [4.78, 5) is 4.16. The van der Waals surface area contributed by atoms with Crippen LogP contribution < -0.4 is 0 Å². The van der Waals surface area contributed by atoms with Crippen molar-refractivity contribution in [3.05, 3.63) is 35.3 Å². The molecule has 14 heavy (non-hydrogen) atoms. The van der Waals surface area contributed by atoms with Gasteiger partial charge >= 0.3 is 0 Å². The highest BCUT2D eigenvalue weighted by molar-refractivity contribution is 5.85. The summed E-state index contributed by atoms with van der Waals surface area (Å²) in [6.07, 6.45) is 0. The summed E-state index contributed by atoms with van der Waals surface area (Å²) in [7, 11) is 0. The Bertz CT molecular complexity index is 508. The fourth-order valence-corrected chi connectivity index (χ4v) is 1.41. The molecule has 2 nitrogen and oxygen atoms in total. The Kier molecular flexibility index (Phi) is 1.88. The van der Waals surface area contributed by atoms with Gasteiger partial charge in [-0.05, 0) is 26.0 Å². The van der Waals surface area contributed by atoms with Crippen LogP contribution in [0.3, 0.4) is 0 Å². The zero-order valence-corrected chi connectivity index (χ0v) is 8.00. The number of hydrogen-bond acceptors (Lipinski definition) is 2. The molecular formula is C11H10FNO. The molecule has 0 bridgehead atoms. The second-order valence-electron chi connectivity index (χ2n) is 3.36. The van der Waals surface area contributed by atoms with Crippen molar-refractivity contribution in [2.45, 2.75) is 13.8 Å². The van der Waals surface area contributed by atoms with Crippen molar-refractivity contribution in [1.82, 2.24) is 4.98 Å². The molecular weight excluding hydrogens is 181 g/mol. The zero-order chi connectivity index (χ0) is 10.3. The van der Waals surface area contributed by atoms with Gasteiger partial charge in [0, 0.05) is 16.6 Å². The smallest absolute Gasteiger partial charge is 0.147 e. The van der Waals surface area contributed by atoms with Gasteiger partial charge in [0.15, 0.2) is 0 Å². The van der Waals surface area contributed by atoms with Crippen LogP contribution in [0.25, 0.3) is 10.9 Å². The number of aromatic hydroxyl groups is 1. The lowest BCUT2D eigenvalue weighted by atomic mass is 10.1. The summed E-state index contributed by atoms with van der Waals surface area (Å²) in [5.41, 5.74) is 1.51. The second kappa shape index (κ2) is 2.94. The first-order valence-corrected chi connectivity index (χ1v) is 4.35. The van der Waals surface area contributed by atoms with E-state index in [1.165, 1.54) is 13.0 Å². The van der Waals surface area contributed by atoms with Crippen LogP contribution in [-0.4, -0.2) is 10.1 Å². The molecule has 1 aromatic heterocycles. The monoisotopic (exact) mass is 191 g/mol. The van der Waals surface area contributed by atoms with Gasteiger partial charge in [0.1, 0.15) is 17.1 Å². The predicted molar refractivity (Wildman–Crippen MR) is 52.8 cm³/mol. The molecule has 0 unspecified atom stereocenters. The first-order chi connectivity index (χ1) is 6.59. The Labute approximate surface area is 81.0 Å². The topological polar surface area (TPSA) is 33.1 Å². The largest absolute Gasteiger partial charge is 0.505 e. The third-order valence-corrected chi connectivity index (χ3v) is 2.29. The molecule has 2 rings (SSSR count). The van der Waals surface area contributed by atoms with E-state index in [2.05, 4.69) is 4.98 Å². The number of phenolic OH excluding ortho intramolecular Hbond substituents is 1. The number of rotatable bonds is 0. The minimum absolute atomic E-state index is 0.0660. The van der Waals surface area contributed by atoms with Gasteiger partial charge in [-0.15, -0.1) is 0 Å². The Hall–Kier alpha value is -1.64. The summed E-state index contributed by atoms with van der Waals surface area (Å²) < 4.78 is 13.2. The number of fused-ring (bicyclic) bond motifs is 1. The molecule has 0 fully saturated rings. The van der Waals surface area contributed by atoms with Gasteiger partial charge in [-0.3, -0.25) is 0 Å². The summed E-state index contributed by atoms with van der Waals surface area (Å²) in [6, 6.07) is 4.92. The molecule has 0 spiro atoms. The first kappa shape index (κ1) is 8.94. The van der Waals surface area contributed by atoms with Crippen molar-refractivity contribution >= 4 is 10.9 Å². The molecule has 0 aliphatic heterocycles. The molecule has 1 heterocycles. The van der Waals surface area contributed by atoms with Crippen molar-refractivity contribution in [2.75, 3.05) is 0 Å². The van der Waals surface area contributed by atoms with Crippen LogP contribution in [-0.2, 0) is 0 Å².